The molecule has 1 saturated heterocycles. The molecule has 0 bridgehead atoms. The van der Waals surface area contributed by atoms with Crippen LogP contribution in [0.5, 0.6) is 0 Å². The Morgan fingerprint density at radius 1 is 0.923 bits per heavy atom. The van der Waals surface area contributed by atoms with Gasteiger partial charge in [-0.2, -0.15) is 0 Å². The highest BCUT2D eigenvalue weighted by Gasteiger charge is 2.27. The van der Waals surface area contributed by atoms with Crippen LogP contribution in [-0.4, -0.2) is 32.5 Å². The molecule has 2 aromatic rings. The van der Waals surface area contributed by atoms with E-state index in [4.69, 9.17) is 0 Å². The molecule has 0 saturated carbocycles. The Balaban J connectivity index is 1.71. The Bertz CT molecular complexity index is 781. The molecule has 26 heavy (non-hydrogen) atoms. The summed E-state index contributed by atoms with van der Waals surface area (Å²) in [4.78, 5) is 15.2. The van der Waals surface area contributed by atoms with Gasteiger partial charge in [-0.05, 0) is 75.1 Å². The van der Waals surface area contributed by atoms with Gasteiger partial charge in [0.15, 0.2) is 0 Å². The van der Waals surface area contributed by atoms with Gasteiger partial charge in [0.25, 0.3) is 0 Å². The number of piperazine rings is 1. The zero-order chi connectivity index (χ0) is 18.8. The van der Waals surface area contributed by atoms with Crippen molar-refractivity contribution in [1.82, 2.24) is 0 Å². The van der Waals surface area contributed by atoms with Crippen LogP contribution in [0.3, 0.4) is 0 Å². The first-order chi connectivity index (χ1) is 12.4. The van der Waals surface area contributed by atoms with Gasteiger partial charge in [-0.15, -0.1) is 0 Å². The predicted molar refractivity (Wildman–Crippen MR) is 109 cm³/mol. The summed E-state index contributed by atoms with van der Waals surface area (Å²) in [7, 11) is 0. The summed E-state index contributed by atoms with van der Waals surface area (Å²) in [6.45, 7) is 15.4. The number of rotatable bonds is 4. The first kappa shape index (κ1) is 18.7. The summed E-state index contributed by atoms with van der Waals surface area (Å²) < 4.78 is 0. The number of carbonyl (C=O) groups is 1. The van der Waals surface area contributed by atoms with Gasteiger partial charge in [0.2, 0.25) is 0 Å². The average molecular weight is 352 g/mol. The van der Waals surface area contributed by atoms with Crippen LogP contribution in [0, 0.1) is 27.7 Å². The lowest BCUT2D eigenvalue weighted by Gasteiger charge is -2.38. The third-order valence-electron chi connectivity index (χ3n) is 6.01. The third kappa shape index (κ3) is 3.68. The molecule has 3 nitrogen and oxygen atoms in total. The van der Waals surface area contributed by atoms with Crippen molar-refractivity contribution < 1.29 is 9.69 Å². The standard InChI is InChI=1S/C23H30N2O/c1-16-6-7-22(14-17(16)2)20(5)24-8-10-25(11-9-24)23-18(3)12-21(15-26)13-19(23)4/h6-7,12-15,20H,8-11H2,1-5H3/p+1/t20-/m1/s1. The van der Waals surface area contributed by atoms with Crippen molar-refractivity contribution in [3.05, 3.63) is 63.7 Å². The molecule has 0 spiro atoms. The molecule has 3 heteroatoms. The number of aldehydes is 1. The fourth-order valence-electron chi connectivity index (χ4n) is 4.28. The fourth-order valence-corrected chi connectivity index (χ4v) is 4.28. The second-order valence-electron chi connectivity index (χ2n) is 7.83. The van der Waals surface area contributed by atoms with Gasteiger partial charge in [0, 0.05) is 16.8 Å². The maximum atomic E-state index is 11.1. The second-order valence-corrected chi connectivity index (χ2v) is 7.83. The lowest BCUT2D eigenvalue weighted by atomic mass is 10.00. The van der Waals surface area contributed by atoms with Crippen molar-refractivity contribution in [2.45, 2.75) is 40.7 Å². The van der Waals surface area contributed by atoms with Crippen molar-refractivity contribution in [2.24, 2.45) is 0 Å². The highest BCUT2D eigenvalue weighted by Crippen LogP contribution is 2.26. The number of nitrogens with zero attached hydrogens (tertiary/aromatic N) is 1. The smallest absolute Gasteiger partial charge is 0.150 e. The van der Waals surface area contributed by atoms with Gasteiger partial charge in [-0.1, -0.05) is 12.1 Å². The van der Waals surface area contributed by atoms with Gasteiger partial charge in [-0.25, -0.2) is 0 Å². The van der Waals surface area contributed by atoms with E-state index in [0.29, 0.717) is 6.04 Å². The monoisotopic (exact) mass is 351 g/mol. The molecular weight excluding hydrogens is 320 g/mol. The van der Waals surface area contributed by atoms with Crippen LogP contribution in [0.25, 0.3) is 0 Å². The van der Waals surface area contributed by atoms with Crippen LogP contribution >= 0.6 is 0 Å². The van der Waals surface area contributed by atoms with E-state index in [1.807, 2.05) is 12.1 Å². The summed E-state index contributed by atoms with van der Waals surface area (Å²) >= 11 is 0. The first-order valence-electron chi connectivity index (χ1n) is 9.63. The molecular formula is C23H31N2O+. The Morgan fingerprint density at radius 2 is 1.54 bits per heavy atom. The lowest BCUT2D eigenvalue weighted by Crippen LogP contribution is -3.14. The van der Waals surface area contributed by atoms with Gasteiger partial charge >= 0.3 is 0 Å². The van der Waals surface area contributed by atoms with E-state index in [2.05, 4.69) is 57.7 Å². The van der Waals surface area contributed by atoms with E-state index >= 15 is 0 Å². The number of hydrogen-bond acceptors (Lipinski definition) is 2. The van der Waals surface area contributed by atoms with E-state index < -0.39 is 0 Å². The highest BCUT2D eigenvalue weighted by atomic mass is 16.1. The van der Waals surface area contributed by atoms with Crippen LogP contribution in [0.15, 0.2) is 30.3 Å². The number of benzene rings is 2. The number of anilines is 1. The molecule has 0 radical (unpaired) electrons. The third-order valence-corrected chi connectivity index (χ3v) is 6.01. The summed E-state index contributed by atoms with van der Waals surface area (Å²) in [5.74, 6) is 0. The van der Waals surface area contributed by atoms with Crippen LogP contribution in [0.4, 0.5) is 5.69 Å². The Morgan fingerprint density at radius 3 is 2.08 bits per heavy atom. The summed E-state index contributed by atoms with van der Waals surface area (Å²) in [5, 5.41) is 0. The van der Waals surface area contributed by atoms with Crippen LogP contribution in [-0.2, 0) is 0 Å². The number of carbonyl (C=O) groups excluding carboxylic acids is 1. The largest absolute Gasteiger partial charge is 0.360 e. The first-order valence-corrected chi connectivity index (χ1v) is 9.63. The second kappa shape index (κ2) is 7.63. The molecule has 1 aliphatic rings. The van der Waals surface area contributed by atoms with Crippen LogP contribution in [0.1, 0.15) is 51.1 Å². The number of aryl methyl sites for hydroxylation is 4. The minimum atomic E-state index is 0.524. The molecule has 3 rings (SSSR count). The number of nitrogens with one attached hydrogen (secondary N) is 1. The maximum absolute atomic E-state index is 11.1. The van der Waals surface area contributed by atoms with E-state index in [0.717, 1.165) is 38.0 Å². The summed E-state index contributed by atoms with van der Waals surface area (Å²) in [5.41, 5.74) is 8.69. The topological polar surface area (TPSA) is 24.8 Å². The fraction of sp³-hybridized carbons (Fsp3) is 0.435. The van der Waals surface area contributed by atoms with Crippen molar-refractivity contribution in [1.29, 1.82) is 0 Å². The van der Waals surface area contributed by atoms with E-state index in [9.17, 15) is 4.79 Å². The average Bonchev–Trinajstić information content (AvgIpc) is 2.63. The Kier molecular flexibility index (Phi) is 5.47. The van der Waals surface area contributed by atoms with Crippen molar-refractivity contribution >= 4 is 12.0 Å². The number of quaternary nitrogens is 1. The summed E-state index contributed by atoms with van der Waals surface area (Å²) in [6, 6.07) is 11.4. The molecule has 0 amide bonds. The van der Waals surface area contributed by atoms with Gasteiger partial charge in [-0.3, -0.25) is 4.79 Å². The molecule has 138 valence electrons. The van der Waals surface area contributed by atoms with Gasteiger partial charge in [0.1, 0.15) is 12.3 Å². The molecule has 1 fully saturated rings. The molecule has 1 atom stereocenters. The van der Waals surface area contributed by atoms with Crippen LogP contribution < -0.4 is 9.80 Å². The maximum Gasteiger partial charge on any atom is 0.150 e. The zero-order valence-corrected chi connectivity index (χ0v) is 16.7. The molecule has 0 unspecified atom stereocenters. The molecule has 1 aliphatic heterocycles. The van der Waals surface area contributed by atoms with Crippen molar-refractivity contribution in [3.63, 3.8) is 0 Å². The molecule has 0 aromatic heterocycles. The minimum absolute atomic E-state index is 0.524. The van der Waals surface area contributed by atoms with Gasteiger partial charge in [0.05, 0.1) is 26.2 Å². The normalized spacial score (nSPS) is 16.6. The summed E-state index contributed by atoms with van der Waals surface area (Å²) in [6.07, 6.45) is 0.942. The predicted octanol–water partition coefficient (Wildman–Crippen LogP) is 3.20. The van der Waals surface area contributed by atoms with Crippen molar-refractivity contribution in [2.75, 3.05) is 31.1 Å². The Labute approximate surface area is 157 Å². The molecule has 1 heterocycles. The molecule has 2 aromatic carbocycles. The highest BCUT2D eigenvalue weighted by molar-refractivity contribution is 5.78. The van der Waals surface area contributed by atoms with E-state index in [-0.39, 0.29) is 0 Å². The molecule has 1 N–H and O–H groups in total. The van der Waals surface area contributed by atoms with E-state index in [1.165, 1.54) is 33.5 Å². The SMILES string of the molecule is Cc1ccc([C@@H](C)[NH+]2CCN(c3c(C)cc(C=O)cc3C)CC2)cc1C. The van der Waals surface area contributed by atoms with Gasteiger partial charge < -0.3 is 9.80 Å². The molecule has 0 aliphatic carbocycles. The number of hydrogen-bond donors (Lipinski definition) is 1. The van der Waals surface area contributed by atoms with E-state index in [1.54, 1.807) is 4.90 Å². The lowest BCUT2D eigenvalue weighted by molar-refractivity contribution is -0.930. The quantitative estimate of drug-likeness (QED) is 0.856. The Hall–Kier alpha value is -2.13. The van der Waals surface area contributed by atoms with Crippen LogP contribution in [0.2, 0.25) is 0 Å². The van der Waals surface area contributed by atoms with Crippen molar-refractivity contribution in [3.8, 4) is 0 Å². The zero-order valence-electron chi connectivity index (χ0n) is 16.7. The minimum Gasteiger partial charge on any atom is -0.360 e.